The van der Waals surface area contributed by atoms with E-state index in [1.165, 1.54) is 6.42 Å². The van der Waals surface area contributed by atoms with Crippen LogP contribution in [0.5, 0.6) is 0 Å². The highest BCUT2D eigenvalue weighted by molar-refractivity contribution is 4.64. The molecule has 0 aliphatic carbocycles. The summed E-state index contributed by atoms with van der Waals surface area (Å²) in [5.41, 5.74) is 0. The van der Waals surface area contributed by atoms with E-state index in [-0.39, 0.29) is 12.6 Å². The first kappa shape index (κ1) is 11.9. The smallest absolute Gasteiger partial charge is 0.0585 e. The number of aliphatic hydroxyl groups excluding tert-OH is 1. The molecular formula is C9H22N2O. The number of nitrogens with one attached hydrogen (secondary N) is 1. The third kappa shape index (κ3) is 5.52. The molecule has 0 aromatic carbocycles. The van der Waals surface area contributed by atoms with Crippen LogP contribution in [0.1, 0.15) is 19.8 Å². The Hall–Kier alpha value is -0.120. The minimum atomic E-state index is 0.233. The first-order valence-electron chi connectivity index (χ1n) is 4.71. The van der Waals surface area contributed by atoms with Crippen molar-refractivity contribution in [3.8, 4) is 0 Å². The van der Waals surface area contributed by atoms with Crippen molar-refractivity contribution in [1.29, 1.82) is 0 Å². The molecule has 0 saturated carbocycles. The summed E-state index contributed by atoms with van der Waals surface area (Å²) in [7, 11) is 4.01. The van der Waals surface area contributed by atoms with E-state index in [1.807, 2.05) is 7.05 Å². The standard InChI is InChI=1S/C9H22N2O/c1-4-6-11(3)7-5-9(8-12)10-2/h9-10,12H,4-8H2,1-3H3. The Morgan fingerprint density at radius 1 is 1.42 bits per heavy atom. The van der Waals surface area contributed by atoms with Gasteiger partial charge in [-0.05, 0) is 40.0 Å². The van der Waals surface area contributed by atoms with E-state index in [9.17, 15) is 0 Å². The minimum Gasteiger partial charge on any atom is -0.395 e. The summed E-state index contributed by atoms with van der Waals surface area (Å²) in [6, 6.07) is 0.254. The van der Waals surface area contributed by atoms with Gasteiger partial charge in [-0.25, -0.2) is 0 Å². The average Bonchev–Trinajstić information content (AvgIpc) is 2.07. The lowest BCUT2D eigenvalue weighted by atomic mass is 10.2. The maximum atomic E-state index is 8.89. The largest absolute Gasteiger partial charge is 0.395 e. The van der Waals surface area contributed by atoms with Gasteiger partial charge in [-0.3, -0.25) is 0 Å². The van der Waals surface area contributed by atoms with E-state index >= 15 is 0 Å². The number of hydrogen-bond acceptors (Lipinski definition) is 3. The molecule has 0 heterocycles. The van der Waals surface area contributed by atoms with Gasteiger partial charge in [0.25, 0.3) is 0 Å². The van der Waals surface area contributed by atoms with Gasteiger partial charge in [-0.1, -0.05) is 6.92 Å². The molecule has 0 bridgehead atoms. The van der Waals surface area contributed by atoms with Crippen molar-refractivity contribution in [2.24, 2.45) is 0 Å². The first-order chi connectivity index (χ1) is 5.74. The van der Waals surface area contributed by atoms with Gasteiger partial charge in [0.15, 0.2) is 0 Å². The molecule has 12 heavy (non-hydrogen) atoms. The summed E-state index contributed by atoms with van der Waals surface area (Å²) in [6.45, 7) is 4.61. The van der Waals surface area contributed by atoms with Crippen LogP contribution < -0.4 is 5.32 Å². The van der Waals surface area contributed by atoms with Crippen molar-refractivity contribution < 1.29 is 5.11 Å². The first-order valence-corrected chi connectivity index (χ1v) is 4.71. The number of likely N-dealkylation sites (N-methyl/N-ethyl adjacent to an activating group) is 1. The van der Waals surface area contributed by atoms with Gasteiger partial charge in [0.2, 0.25) is 0 Å². The third-order valence-corrected chi connectivity index (χ3v) is 2.09. The molecule has 0 amide bonds. The van der Waals surface area contributed by atoms with Gasteiger partial charge in [-0.15, -0.1) is 0 Å². The second-order valence-electron chi connectivity index (χ2n) is 3.26. The highest BCUT2D eigenvalue weighted by Gasteiger charge is 2.04. The van der Waals surface area contributed by atoms with E-state index in [0.29, 0.717) is 0 Å². The third-order valence-electron chi connectivity index (χ3n) is 2.09. The monoisotopic (exact) mass is 174 g/mol. The molecule has 2 N–H and O–H groups in total. The molecule has 0 rings (SSSR count). The van der Waals surface area contributed by atoms with Crippen LogP contribution in [-0.2, 0) is 0 Å². The maximum Gasteiger partial charge on any atom is 0.0585 e. The Morgan fingerprint density at radius 2 is 2.08 bits per heavy atom. The summed E-state index contributed by atoms with van der Waals surface area (Å²) in [6.07, 6.45) is 2.21. The lowest BCUT2D eigenvalue weighted by Gasteiger charge is -2.19. The van der Waals surface area contributed by atoms with Gasteiger partial charge in [-0.2, -0.15) is 0 Å². The van der Waals surface area contributed by atoms with Crippen LogP contribution in [0.4, 0.5) is 0 Å². The maximum absolute atomic E-state index is 8.89. The lowest BCUT2D eigenvalue weighted by Crippen LogP contribution is -2.33. The number of aliphatic hydroxyl groups is 1. The van der Waals surface area contributed by atoms with Crippen LogP contribution >= 0.6 is 0 Å². The van der Waals surface area contributed by atoms with Gasteiger partial charge in [0.1, 0.15) is 0 Å². The normalized spacial score (nSPS) is 13.8. The molecular weight excluding hydrogens is 152 g/mol. The van der Waals surface area contributed by atoms with E-state index in [4.69, 9.17) is 5.11 Å². The average molecular weight is 174 g/mol. The quantitative estimate of drug-likeness (QED) is 0.582. The molecule has 0 aliphatic heterocycles. The summed E-state index contributed by atoms with van der Waals surface area (Å²) in [5, 5.41) is 12.0. The van der Waals surface area contributed by atoms with Crippen molar-refractivity contribution in [3.63, 3.8) is 0 Å². The lowest BCUT2D eigenvalue weighted by molar-refractivity contribution is 0.223. The SMILES string of the molecule is CCCN(C)CCC(CO)NC. The number of rotatable bonds is 7. The molecule has 0 saturated heterocycles. The highest BCUT2D eigenvalue weighted by atomic mass is 16.3. The Balaban J connectivity index is 3.37. The van der Waals surface area contributed by atoms with E-state index in [2.05, 4.69) is 24.2 Å². The number of hydrogen-bond donors (Lipinski definition) is 2. The van der Waals surface area contributed by atoms with Crippen LogP contribution in [0.25, 0.3) is 0 Å². The van der Waals surface area contributed by atoms with Crippen LogP contribution in [0.2, 0.25) is 0 Å². The molecule has 0 spiro atoms. The summed E-state index contributed by atoms with van der Waals surface area (Å²) in [4.78, 5) is 2.29. The highest BCUT2D eigenvalue weighted by Crippen LogP contribution is 1.94. The fourth-order valence-corrected chi connectivity index (χ4v) is 1.20. The van der Waals surface area contributed by atoms with E-state index < -0.39 is 0 Å². The molecule has 0 radical (unpaired) electrons. The molecule has 74 valence electrons. The van der Waals surface area contributed by atoms with Crippen molar-refractivity contribution in [2.45, 2.75) is 25.8 Å². The van der Waals surface area contributed by atoms with E-state index in [0.717, 1.165) is 19.5 Å². The van der Waals surface area contributed by atoms with Crippen LogP contribution in [0.3, 0.4) is 0 Å². The zero-order valence-electron chi connectivity index (χ0n) is 8.51. The minimum absolute atomic E-state index is 0.233. The summed E-state index contributed by atoms with van der Waals surface area (Å²) >= 11 is 0. The molecule has 3 nitrogen and oxygen atoms in total. The van der Waals surface area contributed by atoms with Gasteiger partial charge in [0, 0.05) is 6.04 Å². The van der Waals surface area contributed by atoms with Crippen molar-refractivity contribution >= 4 is 0 Å². The zero-order chi connectivity index (χ0) is 9.40. The van der Waals surface area contributed by atoms with Gasteiger partial charge < -0.3 is 15.3 Å². The van der Waals surface area contributed by atoms with Crippen molar-refractivity contribution in [3.05, 3.63) is 0 Å². The Labute approximate surface area is 75.8 Å². The number of nitrogens with zero attached hydrogens (tertiary/aromatic N) is 1. The van der Waals surface area contributed by atoms with E-state index in [1.54, 1.807) is 0 Å². The topological polar surface area (TPSA) is 35.5 Å². The predicted molar refractivity (Wildman–Crippen MR) is 52.3 cm³/mol. The molecule has 0 aromatic rings. The summed E-state index contributed by atoms with van der Waals surface area (Å²) < 4.78 is 0. The fraction of sp³-hybridized carbons (Fsp3) is 1.00. The fourth-order valence-electron chi connectivity index (χ4n) is 1.20. The molecule has 1 unspecified atom stereocenters. The Bertz CT molecular complexity index is 94.5. The summed E-state index contributed by atoms with van der Waals surface area (Å²) in [5.74, 6) is 0. The molecule has 0 fully saturated rings. The van der Waals surface area contributed by atoms with Crippen molar-refractivity contribution in [1.82, 2.24) is 10.2 Å². The Morgan fingerprint density at radius 3 is 2.50 bits per heavy atom. The van der Waals surface area contributed by atoms with Crippen LogP contribution in [0.15, 0.2) is 0 Å². The molecule has 1 atom stereocenters. The zero-order valence-corrected chi connectivity index (χ0v) is 8.51. The molecule has 0 aliphatic rings. The predicted octanol–water partition coefficient (Wildman–Crippen LogP) is 0.299. The Kier molecular flexibility index (Phi) is 7.45. The molecule has 0 aromatic heterocycles. The second-order valence-corrected chi connectivity index (χ2v) is 3.26. The van der Waals surface area contributed by atoms with Gasteiger partial charge in [0.05, 0.1) is 6.61 Å². The van der Waals surface area contributed by atoms with Crippen LogP contribution in [-0.4, -0.2) is 49.8 Å². The molecule has 3 heteroatoms. The van der Waals surface area contributed by atoms with Gasteiger partial charge >= 0.3 is 0 Å². The van der Waals surface area contributed by atoms with Crippen molar-refractivity contribution in [2.75, 3.05) is 33.8 Å². The second kappa shape index (κ2) is 7.53. The van der Waals surface area contributed by atoms with Crippen LogP contribution in [0, 0.1) is 0 Å².